The molecule has 2 aromatic carbocycles. The molecule has 0 aromatic heterocycles. The summed E-state index contributed by atoms with van der Waals surface area (Å²) in [5, 5.41) is 5.63. The molecule has 138 valence electrons. The molecule has 0 heterocycles. The van der Waals surface area contributed by atoms with Gasteiger partial charge in [0.25, 0.3) is 11.8 Å². The van der Waals surface area contributed by atoms with Gasteiger partial charge in [-0.3, -0.25) is 9.59 Å². The van der Waals surface area contributed by atoms with Crippen molar-refractivity contribution in [1.29, 1.82) is 0 Å². The molecule has 0 fully saturated rings. The fourth-order valence-electron chi connectivity index (χ4n) is 2.31. The predicted molar refractivity (Wildman–Crippen MR) is 109 cm³/mol. The van der Waals surface area contributed by atoms with Gasteiger partial charge in [0.2, 0.25) is 0 Å². The normalized spacial score (nSPS) is 10.3. The van der Waals surface area contributed by atoms with Crippen LogP contribution >= 0.6 is 22.6 Å². The van der Waals surface area contributed by atoms with E-state index in [1.54, 1.807) is 56.7 Å². The lowest BCUT2D eigenvalue weighted by Crippen LogP contribution is -2.26. The van der Waals surface area contributed by atoms with E-state index in [4.69, 9.17) is 9.47 Å². The van der Waals surface area contributed by atoms with Crippen LogP contribution in [0.15, 0.2) is 42.5 Å². The minimum absolute atomic E-state index is 0.235. The van der Waals surface area contributed by atoms with Crippen molar-refractivity contribution in [2.45, 2.75) is 6.42 Å². The van der Waals surface area contributed by atoms with Gasteiger partial charge in [-0.2, -0.15) is 0 Å². The van der Waals surface area contributed by atoms with E-state index in [0.717, 1.165) is 9.99 Å². The summed E-state index contributed by atoms with van der Waals surface area (Å²) in [6, 6.07) is 12.1. The molecule has 0 aliphatic carbocycles. The SMILES string of the molecule is COCCCNC(=O)c1ccccc1NC(=O)c1ccc(OC)c(I)c1. The Morgan fingerprint density at radius 3 is 2.54 bits per heavy atom. The van der Waals surface area contributed by atoms with Crippen molar-refractivity contribution in [2.24, 2.45) is 0 Å². The summed E-state index contributed by atoms with van der Waals surface area (Å²) in [7, 11) is 3.20. The summed E-state index contributed by atoms with van der Waals surface area (Å²) in [5.41, 5.74) is 1.37. The molecule has 0 unspecified atom stereocenters. The van der Waals surface area contributed by atoms with E-state index in [9.17, 15) is 9.59 Å². The highest BCUT2D eigenvalue weighted by Crippen LogP contribution is 2.23. The number of nitrogens with one attached hydrogen (secondary N) is 2. The highest BCUT2D eigenvalue weighted by atomic mass is 127. The Hall–Kier alpha value is -2.13. The molecule has 0 saturated heterocycles. The summed E-state index contributed by atoms with van der Waals surface area (Å²) in [6.45, 7) is 1.08. The lowest BCUT2D eigenvalue weighted by molar-refractivity contribution is 0.0949. The summed E-state index contributed by atoms with van der Waals surface area (Å²) < 4.78 is 11.0. The van der Waals surface area contributed by atoms with Gasteiger partial charge in [-0.05, 0) is 59.3 Å². The van der Waals surface area contributed by atoms with Crippen molar-refractivity contribution in [3.63, 3.8) is 0 Å². The molecule has 0 aliphatic heterocycles. The van der Waals surface area contributed by atoms with E-state index in [1.807, 2.05) is 0 Å². The second-order valence-electron chi connectivity index (χ2n) is 5.45. The number of rotatable bonds is 8. The first-order chi connectivity index (χ1) is 12.6. The number of methoxy groups -OCH3 is 2. The Kier molecular flexibility index (Phi) is 7.86. The predicted octanol–water partition coefficient (Wildman–Crippen LogP) is 3.32. The van der Waals surface area contributed by atoms with Gasteiger partial charge in [0.1, 0.15) is 5.75 Å². The molecular formula is C19H21IN2O4. The topological polar surface area (TPSA) is 76.7 Å². The van der Waals surface area contributed by atoms with Gasteiger partial charge in [-0.15, -0.1) is 0 Å². The van der Waals surface area contributed by atoms with E-state index in [0.29, 0.717) is 35.7 Å². The quantitative estimate of drug-likeness (QED) is 0.461. The van der Waals surface area contributed by atoms with Crippen LogP contribution in [0, 0.1) is 3.57 Å². The molecule has 0 aliphatic rings. The molecular weight excluding hydrogens is 447 g/mol. The third-order valence-corrected chi connectivity index (χ3v) is 4.49. The van der Waals surface area contributed by atoms with Gasteiger partial charge >= 0.3 is 0 Å². The van der Waals surface area contributed by atoms with Crippen LogP contribution in [0.4, 0.5) is 5.69 Å². The second kappa shape index (κ2) is 10.1. The molecule has 0 radical (unpaired) electrons. The van der Waals surface area contributed by atoms with Crippen LogP contribution in [0.2, 0.25) is 0 Å². The molecule has 7 heteroatoms. The third-order valence-electron chi connectivity index (χ3n) is 3.64. The van der Waals surface area contributed by atoms with Crippen LogP contribution in [0.25, 0.3) is 0 Å². The fourth-order valence-corrected chi connectivity index (χ4v) is 3.04. The van der Waals surface area contributed by atoms with Gasteiger partial charge in [0.05, 0.1) is 21.9 Å². The Balaban J connectivity index is 2.10. The Bertz CT molecular complexity index is 780. The number of carbonyl (C=O) groups excluding carboxylic acids is 2. The minimum Gasteiger partial charge on any atom is -0.496 e. The number of benzene rings is 2. The van der Waals surface area contributed by atoms with Gasteiger partial charge in [-0.1, -0.05) is 12.1 Å². The molecule has 0 bridgehead atoms. The number of para-hydroxylation sites is 1. The lowest BCUT2D eigenvalue weighted by Gasteiger charge is -2.12. The smallest absolute Gasteiger partial charge is 0.255 e. The summed E-state index contributed by atoms with van der Waals surface area (Å²) in [4.78, 5) is 24.9. The van der Waals surface area contributed by atoms with E-state index in [-0.39, 0.29) is 11.8 Å². The van der Waals surface area contributed by atoms with Crippen LogP contribution in [0.3, 0.4) is 0 Å². The van der Waals surface area contributed by atoms with Crippen molar-refractivity contribution >= 4 is 40.1 Å². The zero-order chi connectivity index (χ0) is 18.9. The monoisotopic (exact) mass is 468 g/mol. The zero-order valence-corrected chi connectivity index (χ0v) is 16.8. The van der Waals surface area contributed by atoms with Crippen LogP contribution in [-0.2, 0) is 4.74 Å². The number of amides is 2. The van der Waals surface area contributed by atoms with E-state index < -0.39 is 0 Å². The van der Waals surface area contributed by atoms with Crippen molar-refractivity contribution < 1.29 is 19.1 Å². The van der Waals surface area contributed by atoms with Crippen LogP contribution in [0.5, 0.6) is 5.75 Å². The fraction of sp³-hybridized carbons (Fsp3) is 0.263. The number of anilines is 1. The Morgan fingerprint density at radius 1 is 1.08 bits per heavy atom. The Morgan fingerprint density at radius 2 is 1.85 bits per heavy atom. The lowest BCUT2D eigenvalue weighted by atomic mass is 10.1. The number of hydrogen-bond acceptors (Lipinski definition) is 4. The average Bonchev–Trinajstić information content (AvgIpc) is 2.65. The molecule has 0 atom stereocenters. The highest BCUT2D eigenvalue weighted by Gasteiger charge is 2.14. The largest absolute Gasteiger partial charge is 0.496 e. The molecule has 2 rings (SSSR count). The van der Waals surface area contributed by atoms with Gasteiger partial charge in [0.15, 0.2) is 0 Å². The summed E-state index contributed by atoms with van der Waals surface area (Å²) >= 11 is 2.11. The standard InChI is InChI=1S/C19H21IN2O4/c1-25-11-5-10-21-19(24)14-6-3-4-7-16(14)22-18(23)13-8-9-17(26-2)15(20)12-13/h3-4,6-9,12H,5,10-11H2,1-2H3,(H,21,24)(H,22,23). The minimum atomic E-state index is -0.287. The highest BCUT2D eigenvalue weighted by molar-refractivity contribution is 14.1. The molecule has 2 N–H and O–H groups in total. The number of ether oxygens (including phenoxy) is 2. The molecule has 0 saturated carbocycles. The van der Waals surface area contributed by atoms with Crippen LogP contribution in [-0.4, -0.2) is 39.2 Å². The van der Waals surface area contributed by atoms with Crippen molar-refractivity contribution in [1.82, 2.24) is 5.32 Å². The molecule has 26 heavy (non-hydrogen) atoms. The summed E-state index contributed by atoms with van der Waals surface area (Å²) in [6.07, 6.45) is 0.723. The van der Waals surface area contributed by atoms with Gasteiger partial charge < -0.3 is 20.1 Å². The van der Waals surface area contributed by atoms with E-state index in [2.05, 4.69) is 33.2 Å². The van der Waals surface area contributed by atoms with Crippen molar-refractivity contribution in [3.05, 3.63) is 57.2 Å². The van der Waals surface area contributed by atoms with E-state index >= 15 is 0 Å². The first-order valence-corrected chi connectivity index (χ1v) is 9.15. The second-order valence-corrected chi connectivity index (χ2v) is 6.61. The first-order valence-electron chi connectivity index (χ1n) is 8.08. The summed E-state index contributed by atoms with van der Waals surface area (Å²) in [5.74, 6) is 0.185. The Labute approximate surface area is 166 Å². The first kappa shape index (κ1) is 20.2. The number of halogens is 1. The number of carbonyl (C=O) groups is 2. The maximum Gasteiger partial charge on any atom is 0.255 e. The average molecular weight is 468 g/mol. The van der Waals surface area contributed by atoms with Crippen LogP contribution in [0.1, 0.15) is 27.1 Å². The van der Waals surface area contributed by atoms with Crippen molar-refractivity contribution in [3.8, 4) is 5.75 Å². The van der Waals surface area contributed by atoms with Crippen LogP contribution < -0.4 is 15.4 Å². The molecule has 2 amide bonds. The van der Waals surface area contributed by atoms with Gasteiger partial charge in [0, 0.05) is 25.8 Å². The third kappa shape index (κ3) is 5.43. The van der Waals surface area contributed by atoms with E-state index in [1.165, 1.54) is 0 Å². The maximum atomic E-state index is 12.5. The van der Waals surface area contributed by atoms with Gasteiger partial charge in [-0.25, -0.2) is 0 Å². The maximum absolute atomic E-state index is 12.5. The molecule has 2 aromatic rings. The molecule has 6 nitrogen and oxygen atoms in total. The van der Waals surface area contributed by atoms with Crippen molar-refractivity contribution in [2.75, 3.05) is 32.7 Å². The molecule has 0 spiro atoms. The number of hydrogen-bond donors (Lipinski definition) is 2. The zero-order valence-electron chi connectivity index (χ0n) is 14.7.